The first-order valence-electron chi connectivity index (χ1n) is 10.1. The van der Waals surface area contributed by atoms with E-state index in [9.17, 15) is 14.0 Å². The number of hydrogen-bond acceptors (Lipinski definition) is 7. The van der Waals surface area contributed by atoms with Gasteiger partial charge in [0.05, 0.1) is 32.4 Å². The smallest absolute Gasteiger partial charge is 0.251 e. The number of benzene rings is 2. The molecule has 8 nitrogen and oxygen atoms in total. The number of Topliss-reactive ketones (excluding diaryl/α,β-unsaturated/α-hetero) is 1. The van der Waals surface area contributed by atoms with Gasteiger partial charge in [0.25, 0.3) is 5.91 Å². The molecule has 10 heteroatoms. The lowest BCUT2D eigenvalue weighted by molar-refractivity contribution is 0.0902. The lowest BCUT2D eigenvalue weighted by atomic mass is 10.1. The largest absolute Gasteiger partial charge is 0.494 e. The van der Waals surface area contributed by atoms with Gasteiger partial charge in [-0.25, -0.2) is 9.37 Å². The maximum Gasteiger partial charge on any atom is 0.251 e. The number of nitrogens with zero attached hydrogens (tertiary/aromatic N) is 1. The Hall–Kier alpha value is -3.69. The van der Waals surface area contributed by atoms with Gasteiger partial charge >= 0.3 is 0 Å². The van der Waals surface area contributed by atoms with Crippen LogP contribution in [0.1, 0.15) is 20.8 Å². The molecule has 0 aliphatic rings. The molecular weight excluding hydrogens is 467 g/mol. The van der Waals surface area contributed by atoms with E-state index in [-0.39, 0.29) is 41.7 Å². The Morgan fingerprint density at radius 2 is 1.76 bits per heavy atom. The van der Waals surface area contributed by atoms with Gasteiger partial charge in [-0.1, -0.05) is 17.7 Å². The lowest BCUT2D eigenvalue weighted by Crippen LogP contribution is -2.30. The van der Waals surface area contributed by atoms with Gasteiger partial charge in [-0.2, -0.15) is 0 Å². The fourth-order valence-corrected chi connectivity index (χ4v) is 3.17. The third-order valence-corrected chi connectivity index (χ3v) is 5.05. The number of pyridine rings is 1. The van der Waals surface area contributed by atoms with Crippen LogP contribution in [0.2, 0.25) is 5.02 Å². The van der Waals surface area contributed by atoms with Gasteiger partial charge < -0.3 is 24.6 Å². The fourth-order valence-electron chi connectivity index (χ4n) is 3.05. The van der Waals surface area contributed by atoms with Crippen LogP contribution in [0.3, 0.4) is 0 Å². The molecule has 3 rings (SSSR count). The fraction of sp³-hybridized carbons (Fsp3) is 0.208. The van der Waals surface area contributed by atoms with Crippen molar-refractivity contribution in [1.29, 1.82) is 0 Å². The molecule has 0 aliphatic carbocycles. The van der Waals surface area contributed by atoms with Gasteiger partial charge in [0.2, 0.25) is 0 Å². The molecule has 0 saturated heterocycles. The van der Waals surface area contributed by atoms with Crippen molar-refractivity contribution >= 4 is 23.3 Å². The van der Waals surface area contributed by atoms with E-state index in [0.29, 0.717) is 22.8 Å². The first kappa shape index (κ1) is 24.9. The first-order chi connectivity index (χ1) is 16.4. The molecule has 2 aromatic carbocycles. The summed E-state index contributed by atoms with van der Waals surface area (Å²) in [6.45, 7) is -0.408. The minimum atomic E-state index is -0.629. The molecule has 3 aromatic rings. The topological polar surface area (TPSA) is 107 Å². The van der Waals surface area contributed by atoms with Crippen LogP contribution in [-0.2, 0) is 0 Å². The van der Waals surface area contributed by atoms with Gasteiger partial charge in [0, 0.05) is 11.1 Å². The van der Waals surface area contributed by atoms with Crippen LogP contribution in [0, 0.1) is 5.82 Å². The number of halogens is 2. The van der Waals surface area contributed by atoms with Gasteiger partial charge in [0.1, 0.15) is 29.6 Å². The number of methoxy groups -OCH3 is 2. The lowest BCUT2D eigenvalue weighted by Gasteiger charge is -2.12. The van der Waals surface area contributed by atoms with E-state index in [1.165, 1.54) is 50.6 Å². The van der Waals surface area contributed by atoms with Crippen LogP contribution < -0.4 is 19.5 Å². The monoisotopic (exact) mass is 488 g/mol. The Labute approximate surface area is 200 Å². The molecule has 0 spiro atoms. The average Bonchev–Trinajstić information content (AvgIpc) is 2.86. The SMILES string of the molecule is COc1cc(C(=O)NCC(=O)c2ccc(OC)c(-c3ccc(Cl)c(F)c3)n2)ccc1OCCO. The van der Waals surface area contributed by atoms with Crippen molar-refractivity contribution < 1.29 is 33.3 Å². The molecular formula is C24H22ClFN2O6. The highest BCUT2D eigenvalue weighted by Crippen LogP contribution is 2.31. The molecule has 1 aromatic heterocycles. The number of aliphatic hydroxyl groups is 1. The van der Waals surface area contributed by atoms with Crippen LogP contribution >= 0.6 is 11.6 Å². The third-order valence-electron chi connectivity index (χ3n) is 4.74. The summed E-state index contributed by atoms with van der Waals surface area (Å²) in [6, 6.07) is 11.7. The molecule has 34 heavy (non-hydrogen) atoms. The van der Waals surface area contributed by atoms with Gasteiger partial charge in [-0.3, -0.25) is 9.59 Å². The molecule has 2 N–H and O–H groups in total. The van der Waals surface area contributed by atoms with Crippen LogP contribution in [0.4, 0.5) is 4.39 Å². The van der Waals surface area contributed by atoms with E-state index < -0.39 is 17.5 Å². The predicted molar refractivity (Wildman–Crippen MR) is 123 cm³/mol. The highest BCUT2D eigenvalue weighted by molar-refractivity contribution is 6.30. The molecule has 0 bridgehead atoms. The number of nitrogens with one attached hydrogen (secondary N) is 1. The van der Waals surface area contributed by atoms with E-state index in [0.717, 1.165) is 0 Å². The number of carbonyl (C=O) groups is 2. The van der Waals surface area contributed by atoms with Crippen molar-refractivity contribution in [3.63, 3.8) is 0 Å². The Bertz CT molecular complexity index is 1200. The zero-order valence-electron chi connectivity index (χ0n) is 18.4. The number of ether oxygens (including phenoxy) is 3. The maximum absolute atomic E-state index is 13.9. The van der Waals surface area contributed by atoms with E-state index in [1.807, 2.05) is 0 Å². The number of rotatable bonds is 10. The molecule has 1 amide bonds. The van der Waals surface area contributed by atoms with Crippen LogP contribution in [0.15, 0.2) is 48.5 Å². The van der Waals surface area contributed by atoms with Crippen molar-refractivity contribution in [2.75, 3.05) is 34.0 Å². The first-order valence-corrected chi connectivity index (χ1v) is 10.5. The zero-order valence-corrected chi connectivity index (χ0v) is 19.2. The summed E-state index contributed by atoms with van der Waals surface area (Å²) in [5.74, 6) is -0.564. The predicted octanol–water partition coefficient (Wildman–Crippen LogP) is 3.54. The highest BCUT2D eigenvalue weighted by Gasteiger charge is 2.17. The summed E-state index contributed by atoms with van der Waals surface area (Å²) in [5.41, 5.74) is 0.962. The van der Waals surface area contributed by atoms with E-state index in [1.54, 1.807) is 12.1 Å². The molecule has 0 fully saturated rings. The second-order valence-corrected chi connectivity index (χ2v) is 7.33. The van der Waals surface area contributed by atoms with Gasteiger partial charge in [-0.15, -0.1) is 0 Å². The molecule has 0 unspecified atom stereocenters. The maximum atomic E-state index is 13.9. The molecule has 1 heterocycles. The molecule has 0 saturated carbocycles. The Morgan fingerprint density at radius 3 is 2.44 bits per heavy atom. The Balaban J connectivity index is 1.74. The molecule has 0 atom stereocenters. The van der Waals surface area contributed by atoms with Crippen molar-refractivity contribution in [3.05, 3.63) is 70.6 Å². The number of aliphatic hydroxyl groups excluding tert-OH is 1. The van der Waals surface area contributed by atoms with Crippen LogP contribution in [0.5, 0.6) is 17.2 Å². The van der Waals surface area contributed by atoms with Crippen LogP contribution in [0.25, 0.3) is 11.3 Å². The Kier molecular flexibility index (Phi) is 8.39. The highest BCUT2D eigenvalue weighted by atomic mass is 35.5. The zero-order chi connectivity index (χ0) is 24.7. The number of aromatic nitrogens is 1. The van der Waals surface area contributed by atoms with E-state index in [4.69, 9.17) is 30.9 Å². The summed E-state index contributed by atoms with van der Waals surface area (Å²) in [4.78, 5) is 29.5. The van der Waals surface area contributed by atoms with Crippen molar-refractivity contribution in [2.45, 2.75) is 0 Å². The second-order valence-electron chi connectivity index (χ2n) is 6.92. The van der Waals surface area contributed by atoms with Gasteiger partial charge in [0.15, 0.2) is 17.3 Å². The standard InChI is InChI=1S/C24H22ClFN2O6/c1-32-21-8-6-18(28-23(21)14-3-5-16(25)17(26)11-14)19(30)13-27-24(31)15-4-7-20(34-10-9-29)22(12-15)33-2/h3-8,11-12,29H,9-10,13H2,1-2H3,(H,27,31). The summed E-state index contributed by atoms with van der Waals surface area (Å²) >= 11 is 5.75. The summed E-state index contributed by atoms with van der Waals surface area (Å²) in [7, 11) is 2.86. The quantitative estimate of drug-likeness (QED) is 0.420. The normalized spacial score (nSPS) is 10.5. The summed E-state index contributed by atoms with van der Waals surface area (Å²) in [6.07, 6.45) is 0. The van der Waals surface area contributed by atoms with Crippen molar-refractivity contribution in [3.8, 4) is 28.5 Å². The number of amides is 1. The Morgan fingerprint density at radius 1 is 1.03 bits per heavy atom. The second kappa shape index (κ2) is 11.4. The molecule has 178 valence electrons. The summed E-state index contributed by atoms with van der Waals surface area (Å²) in [5, 5.41) is 11.4. The summed E-state index contributed by atoms with van der Waals surface area (Å²) < 4.78 is 29.8. The van der Waals surface area contributed by atoms with E-state index in [2.05, 4.69) is 10.3 Å². The molecule has 0 aliphatic heterocycles. The van der Waals surface area contributed by atoms with E-state index >= 15 is 0 Å². The number of ketones is 1. The van der Waals surface area contributed by atoms with Crippen molar-refractivity contribution in [2.24, 2.45) is 0 Å². The average molecular weight is 489 g/mol. The number of hydrogen-bond donors (Lipinski definition) is 2. The third kappa shape index (κ3) is 5.81. The minimum Gasteiger partial charge on any atom is -0.494 e. The van der Waals surface area contributed by atoms with Crippen molar-refractivity contribution in [1.82, 2.24) is 10.3 Å². The minimum absolute atomic E-state index is 0.0396. The number of carbonyl (C=O) groups excluding carboxylic acids is 2. The molecule has 0 radical (unpaired) electrons. The van der Waals surface area contributed by atoms with Crippen LogP contribution in [-0.4, -0.2) is 55.8 Å². The van der Waals surface area contributed by atoms with Gasteiger partial charge in [-0.05, 0) is 42.5 Å².